The maximum atomic E-state index is 12.4. The molecule has 2 nitrogen and oxygen atoms in total. The minimum atomic E-state index is -0.250. The van der Waals surface area contributed by atoms with Crippen molar-refractivity contribution in [1.29, 1.82) is 0 Å². The molecule has 1 aromatic rings. The number of carbonyl (C=O) groups is 1. The van der Waals surface area contributed by atoms with Crippen LogP contribution in [0.2, 0.25) is 10.0 Å². The minimum absolute atomic E-state index is 0.0147. The van der Waals surface area contributed by atoms with Crippen molar-refractivity contribution in [3.63, 3.8) is 0 Å². The zero-order chi connectivity index (χ0) is 14.8. The van der Waals surface area contributed by atoms with Crippen molar-refractivity contribution in [2.45, 2.75) is 46.1 Å². The summed E-state index contributed by atoms with van der Waals surface area (Å²) in [5, 5.41) is 4.00. The summed E-state index contributed by atoms with van der Waals surface area (Å²) in [6, 6.07) is 5.37. The van der Waals surface area contributed by atoms with Crippen molar-refractivity contribution < 1.29 is 4.79 Å². The van der Waals surface area contributed by atoms with E-state index in [1.165, 1.54) is 0 Å². The Morgan fingerprint density at radius 1 is 1.16 bits per heavy atom. The molecule has 1 unspecified atom stereocenters. The zero-order valence-electron chi connectivity index (χ0n) is 12.1. The quantitative estimate of drug-likeness (QED) is 0.865. The van der Waals surface area contributed by atoms with Crippen LogP contribution < -0.4 is 5.32 Å². The predicted octanol–water partition coefficient (Wildman–Crippen LogP) is 4.65. The SMILES string of the molecule is CC(C)C(C(=O)NC(C)(C)C)c1ccc(Cl)c(Cl)c1. The number of rotatable bonds is 3. The first-order valence-electron chi connectivity index (χ1n) is 6.39. The average Bonchev–Trinajstić information content (AvgIpc) is 2.20. The van der Waals surface area contributed by atoms with Gasteiger partial charge in [0, 0.05) is 5.54 Å². The third-order valence-electron chi connectivity index (χ3n) is 2.75. The molecule has 0 fully saturated rings. The van der Waals surface area contributed by atoms with Gasteiger partial charge in [-0.3, -0.25) is 4.79 Å². The van der Waals surface area contributed by atoms with E-state index in [0.29, 0.717) is 10.0 Å². The summed E-state index contributed by atoms with van der Waals surface area (Å²) in [4.78, 5) is 12.4. The number of amides is 1. The molecule has 0 saturated carbocycles. The van der Waals surface area contributed by atoms with E-state index >= 15 is 0 Å². The summed E-state index contributed by atoms with van der Waals surface area (Å²) >= 11 is 12.0. The van der Waals surface area contributed by atoms with Crippen molar-refractivity contribution in [1.82, 2.24) is 5.32 Å². The third-order valence-corrected chi connectivity index (χ3v) is 3.49. The molecule has 0 spiro atoms. The standard InChI is InChI=1S/C15H21Cl2NO/c1-9(2)13(14(19)18-15(3,4)5)10-6-7-11(16)12(17)8-10/h6-9,13H,1-5H3,(H,18,19). The molecule has 1 amide bonds. The molecule has 0 heterocycles. The monoisotopic (exact) mass is 301 g/mol. The zero-order valence-corrected chi connectivity index (χ0v) is 13.6. The highest BCUT2D eigenvalue weighted by Gasteiger charge is 2.27. The van der Waals surface area contributed by atoms with Crippen LogP contribution in [0.1, 0.15) is 46.1 Å². The largest absolute Gasteiger partial charge is 0.351 e. The molecule has 1 atom stereocenters. The second kappa shape index (κ2) is 6.15. The lowest BCUT2D eigenvalue weighted by Crippen LogP contribution is -2.44. The van der Waals surface area contributed by atoms with E-state index in [1.807, 2.05) is 40.7 Å². The van der Waals surface area contributed by atoms with Crippen LogP contribution in [-0.2, 0) is 4.79 Å². The number of halogens is 2. The molecule has 0 aliphatic carbocycles. The van der Waals surface area contributed by atoms with Crippen molar-refractivity contribution in [3.8, 4) is 0 Å². The average molecular weight is 302 g/mol. The van der Waals surface area contributed by atoms with Gasteiger partial charge in [-0.1, -0.05) is 43.1 Å². The van der Waals surface area contributed by atoms with Crippen LogP contribution >= 0.6 is 23.2 Å². The Labute approximate surface area is 125 Å². The highest BCUT2D eigenvalue weighted by molar-refractivity contribution is 6.42. The Morgan fingerprint density at radius 3 is 2.16 bits per heavy atom. The van der Waals surface area contributed by atoms with E-state index in [1.54, 1.807) is 12.1 Å². The van der Waals surface area contributed by atoms with Gasteiger partial charge in [0.2, 0.25) is 5.91 Å². The summed E-state index contributed by atoms with van der Waals surface area (Å²) in [6.45, 7) is 9.95. The van der Waals surface area contributed by atoms with Crippen molar-refractivity contribution >= 4 is 29.1 Å². The van der Waals surface area contributed by atoms with Gasteiger partial charge in [0.1, 0.15) is 0 Å². The van der Waals surface area contributed by atoms with Gasteiger partial charge < -0.3 is 5.32 Å². The molecule has 19 heavy (non-hydrogen) atoms. The summed E-state index contributed by atoms with van der Waals surface area (Å²) in [6.07, 6.45) is 0. The van der Waals surface area contributed by atoms with E-state index in [4.69, 9.17) is 23.2 Å². The Balaban J connectivity index is 3.07. The van der Waals surface area contributed by atoms with Crippen molar-refractivity contribution in [2.24, 2.45) is 5.92 Å². The van der Waals surface area contributed by atoms with Crippen LogP contribution in [-0.4, -0.2) is 11.4 Å². The normalized spacial score (nSPS) is 13.5. The molecule has 0 aliphatic heterocycles. The maximum Gasteiger partial charge on any atom is 0.228 e. The predicted molar refractivity (Wildman–Crippen MR) is 81.9 cm³/mol. The fourth-order valence-electron chi connectivity index (χ4n) is 1.99. The van der Waals surface area contributed by atoms with E-state index in [-0.39, 0.29) is 23.3 Å². The lowest BCUT2D eigenvalue weighted by molar-refractivity contribution is -0.124. The summed E-state index contributed by atoms with van der Waals surface area (Å²) in [5.74, 6) is -0.0329. The van der Waals surface area contributed by atoms with Gasteiger partial charge in [-0.15, -0.1) is 0 Å². The van der Waals surface area contributed by atoms with Crippen LogP contribution in [0.15, 0.2) is 18.2 Å². The van der Waals surface area contributed by atoms with Gasteiger partial charge >= 0.3 is 0 Å². The van der Waals surface area contributed by atoms with Crippen molar-refractivity contribution in [2.75, 3.05) is 0 Å². The van der Waals surface area contributed by atoms with Gasteiger partial charge in [0.05, 0.1) is 16.0 Å². The number of benzene rings is 1. The molecule has 1 aromatic carbocycles. The minimum Gasteiger partial charge on any atom is -0.351 e. The van der Waals surface area contributed by atoms with E-state index in [9.17, 15) is 4.79 Å². The first kappa shape index (κ1) is 16.3. The topological polar surface area (TPSA) is 29.1 Å². The summed E-state index contributed by atoms with van der Waals surface area (Å²) < 4.78 is 0. The molecule has 4 heteroatoms. The number of hydrogen-bond donors (Lipinski definition) is 1. The van der Waals surface area contributed by atoms with Crippen LogP contribution in [0, 0.1) is 5.92 Å². The Hall–Kier alpha value is -0.730. The fourth-order valence-corrected chi connectivity index (χ4v) is 2.30. The second-order valence-electron chi connectivity index (χ2n) is 6.13. The molecule has 106 valence electrons. The lowest BCUT2D eigenvalue weighted by Gasteiger charge is -2.27. The van der Waals surface area contributed by atoms with Gasteiger partial charge in [-0.25, -0.2) is 0 Å². The molecule has 0 aliphatic rings. The van der Waals surface area contributed by atoms with Crippen molar-refractivity contribution in [3.05, 3.63) is 33.8 Å². The molecule has 1 N–H and O–H groups in total. The van der Waals surface area contributed by atoms with Crippen LogP contribution in [0.25, 0.3) is 0 Å². The third kappa shape index (κ3) is 4.70. The first-order chi connectivity index (χ1) is 8.61. The molecule has 0 saturated heterocycles. The fraction of sp³-hybridized carbons (Fsp3) is 0.533. The maximum absolute atomic E-state index is 12.4. The first-order valence-corrected chi connectivity index (χ1v) is 7.14. The Morgan fingerprint density at radius 2 is 1.74 bits per heavy atom. The lowest BCUT2D eigenvalue weighted by atomic mass is 9.87. The molecule has 0 aromatic heterocycles. The molecular weight excluding hydrogens is 281 g/mol. The van der Waals surface area contributed by atoms with Crippen LogP contribution in [0.5, 0.6) is 0 Å². The van der Waals surface area contributed by atoms with Crippen LogP contribution in [0.3, 0.4) is 0 Å². The Bertz CT molecular complexity index is 464. The molecule has 0 radical (unpaired) electrons. The Kier molecular flexibility index (Phi) is 5.28. The molecule has 0 bridgehead atoms. The molecular formula is C15H21Cl2NO. The van der Waals surface area contributed by atoms with Gasteiger partial charge in [0.15, 0.2) is 0 Å². The van der Waals surface area contributed by atoms with E-state index in [2.05, 4.69) is 5.32 Å². The summed E-state index contributed by atoms with van der Waals surface area (Å²) in [7, 11) is 0. The van der Waals surface area contributed by atoms with Crippen LogP contribution in [0.4, 0.5) is 0 Å². The number of carbonyl (C=O) groups excluding carboxylic acids is 1. The smallest absolute Gasteiger partial charge is 0.228 e. The molecule has 1 rings (SSSR count). The second-order valence-corrected chi connectivity index (χ2v) is 6.95. The number of nitrogens with one attached hydrogen (secondary N) is 1. The van der Waals surface area contributed by atoms with E-state index < -0.39 is 0 Å². The summed E-state index contributed by atoms with van der Waals surface area (Å²) in [5.41, 5.74) is 0.645. The highest BCUT2D eigenvalue weighted by atomic mass is 35.5. The highest BCUT2D eigenvalue weighted by Crippen LogP contribution is 2.30. The van der Waals surface area contributed by atoms with Gasteiger partial charge in [-0.05, 0) is 44.4 Å². The van der Waals surface area contributed by atoms with Gasteiger partial charge in [-0.2, -0.15) is 0 Å². The van der Waals surface area contributed by atoms with Gasteiger partial charge in [0.25, 0.3) is 0 Å². The number of hydrogen-bond acceptors (Lipinski definition) is 1. The van der Waals surface area contributed by atoms with E-state index in [0.717, 1.165) is 5.56 Å².